The summed E-state index contributed by atoms with van der Waals surface area (Å²) in [4.78, 5) is 10.5. The third kappa shape index (κ3) is 5.14. The molecule has 1 unspecified atom stereocenters. The maximum Gasteiger partial charge on any atom is 0.160 e. The summed E-state index contributed by atoms with van der Waals surface area (Å²) < 4.78 is 4.92. The fraction of sp³-hybridized carbons (Fsp3) is 0.0189. The van der Waals surface area contributed by atoms with Gasteiger partial charge in [-0.05, 0) is 68.6 Å². The van der Waals surface area contributed by atoms with Gasteiger partial charge in [0.15, 0.2) is 5.84 Å². The molecule has 0 radical (unpaired) electrons. The van der Waals surface area contributed by atoms with Crippen molar-refractivity contribution in [2.24, 2.45) is 9.98 Å². The zero-order valence-corrected chi connectivity index (χ0v) is 32.1. The van der Waals surface area contributed by atoms with E-state index in [9.17, 15) is 0 Å². The Bertz CT molecular complexity index is 3470. The Kier molecular flexibility index (Phi) is 7.43. The number of amidine groups is 2. The van der Waals surface area contributed by atoms with Gasteiger partial charge < -0.3 is 9.88 Å². The summed E-state index contributed by atoms with van der Waals surface area (Å²) in [5, 5.41) is 13.6. The molecule has 5 heteroatoms. The number of thiophene rings is 1. The average molecular weight is 759 g/mol. The molecule has 1 aliphatic heterocycles. The Morgan fingerprint density at radius 1 is 0.448 bits per heavy atom. The van der Waals surface area contributed by atoms with E-state index in [1.807, 2.05) is 23.5 Å². The number of nitrogens with zero attached hydrogens (tertiary/aromatic N) is 3. The quantitative estimate of drug-likeness (QED) is 0.187. The van der Waals surface area contributed by atoms with E-state index in [-0.39, 0.29) is 6.17 Å². The van der Waals surface area contributed by atoms with Crippen LogP contribution in [0, 0.1) is 0 Å². The summed E-state index contributed by atoms with van der Waals surface area (Å²) >= 11 is 1.84. The molecular formula is C53H34N4S. The smallest absolute Gasteiger partial charge is 0.160 e. The first-order valence-electron chi connectivity index (χ1n) is 19.7. The number of aromatic nitrogens is 1. The van der Waals surface area contributed by atoms with Crippen LogP contribution in [0.25, 0.3) is 80.3 Å². The highest BCUT2D eigenvalue weighted by Crippen LogP contribution is 2.44. The summed E-state index contributed by atoms with van der Waals surface area (Å²) in [6.07, 6.45) is -0.269. The van der Waals surface area contributed by atoms with Gasteiger partial charge in [-0.25, -0.2) is 9.98 Å². The third-order valence-corrected chi connectivity index (χ3v) is 12.7. The van der Waals surface area contributed by atoms with E-state index >= 15 is 0 Å². The van der Waals surface area contributed by atoms with Crippen LogP contribution in [0.3, 0.4) is 0 Å². The van der Waals surface area contributed by atoms with Crippen molar-refractivity contribution in [1.82, 2.24) is 9.88 Å². The number of rotatable bonds is 5. The van der Waals surface area contributed by atoms with Crippen molar-refractivity contribution in [3.63, 3.8) is 0 Å². The van der Waals surface area contributed by atoms with Crippen LogP contribution >= 0.6 is 11.3 Å². The highest BCUT2D eigenvalue weighted by atomic mass is 32.1. The summed E-state index contributed by atoms with van der Waals surface area (Å²) in [7, 11) is 0. The van der Waals surface area contributed by atoms with Gasteiger partial charge in [-0.2, -0.15) is 0 Å². The van der Waals surface area contributed by atoms with Gasteiger partial charge in [0.05, 0.1) is 11.0 Å². The number of aliphatic imine (C=N–C) groups is 2. The molecule has 0 saturated heterocycles. The van der Waals surface area contributed by atoms with Gasteiger partial charge in [0.25, 0.3) is 0 Å². The highest BCUT2D eigenvalue weighted by molar-refractivity contribution is 7.26. The van der Waals surface area contributed by atoms with E-state index < -0.39 is 0 Å². The van der Waals surface area contributed by atoms with Crippen LogP contribution in [0.15, 0.2) is 204 Å². The van der Waals surface area contributed by atoms with Crippen LogP contribution in [0.2, 0.25) is 0 Å². The molecule has 272 valence electrons. The maximum absolute atomic E-state index is 5.28. The van der Waals surface area contributed by atoms with Crippen molar-refractivity contribution in [3.8, 4) is 16.8 Å². The molecule has 9 aromatic carbocycles. The first kappa shape index (κ1) is 32.9. The van der Waals surface area contributed by atoms with Crippen LogP contribution in [0.5, 0.6) is 0 Å². The Morgan fingerprint density at radius 3 is 1.79 bits per heavy atom. The van der Waals surface area contributed by atoms with Crippen molar-refractivity contribution in [2.75, 3.05) is 0 Å². The summed E-state index contributed by atoms with van der Waals surface area (Å²) in [6.45, 7) is 0. The second-order valence-electron chi connectivity index (χ2n) is 14.9. The minimum absolute atomic E-state index is 0.269. The lowest BCUT2D eigenvalue weighted by Gasteiger charge is -2.24. The number of hydrogen-bond acceptors (Lipinski definition) is 4. The van der Waals surface area contributed by atoms with Crippen molar-refractivity contribution in [2.45, 2.75) is 6.17 Å². The second kappa shape index (κ2) is 13.1. The minimum atomic E-state index is -0.269. The lowest BCUT2D eigenvalue weighted by molar-refractivity contribution is 0.674. The predicted octanol–water partition coefficient (Wildman–Crippen LogP) is 13.6. The monoisotopic (exact) mass is 758 g/mol. The van der Waals surface area contributed by atoms with Gasteiger partial charge in [0.1, 0.15) is 12.0 Å². The zero-order chi connectivity index (χ0) is 38.2. The minimum Gasteiger partial charge on any atom is -0.344 e. The first-order valence-corrected chi connectivity index (χ1v) is 20.5. The molecule has 1 atom stereocenters. The van der Waals surface area contributed by atoms with Gasteiger partial charge in [-0.3, -0.25) is 0 Å². The van der Waals surface area contributed by atoms with Gasteiger partial charge in [0, 0.05) is 47.8 Å². The van der Waals surface area contributed by atoms with E-state index in [1.165, 1.54) is 69.3 Å². The highest BCUT2D eigenvalue weighted by Gasteiger charge is 2.24. The SMILES string of the molecule is c1ccc(C2=NC(c3cc4sc5cc(-n6c7ccccc7c7c8ccccc8c(-c8ccccc8)cc76)ccc5c4c4ccccc34)=NC(c3ccccc3)N2)cc1. The number of benzene rings is 9. The molecular weight excluding hydrogens is 725 g/mol. The van der Waals surface area contributed by atoms with Crippen molar-refractivity contribution < 1.29 is 0 Å². The number of fused-ring (bicyclic) bond motifs is 10. The molecule has 12 rings (SSSR count). The Morgan fingerprint density at radius 2 is 1.05 bits per heavy atom. The molecule has 58 heavy (non-hydrogen) atoms. The maximum atomic E-state index is 5.28. The number of nitrogens with one attached hydrogen (secondary N) is 1. The number of hydrogen-bond donors (Lipinski definition) is 1. The van der Waals surface area contributed by atoms with Crippen molar-refractivity contribution in [1.29, 1.82) is 0 Å². The Hall–Kier alpha value is -7.34. The fourth-order valence-electron chi connectivity index (χ4n) is 9.04. The van der Waals surface area contributed by atoms with Crippen molar-refractivity contribution >= 4 is 86.5 Å². The predicted molar refractivity (Wildman–Crippen MR) is 246 cm³/mol. The largest absolute Gasteiger partial charge is 0.344 e. The molecule has 2 aromatic heterocycles. The normalized spacial score (nSPS) is 14.4. The molecule has 3 heterocycles. The molecule has 1 N–H and O–H groups in total. The zero-order valence-electron chi connectivity index (χ0n) is 31.3. The van der Waals surface area contributed by atoms with Crippen molar-refractivity contribution in [3.05, 3.63) is 211 Å². The Labute approximate surface area is 338 Å². The summed E-state index contributed by atoms with van der Waals surface area (Å²) in [5.41, 5.74) is 9.17. The second-order valence-corrected chi connectivity index (χ2v) is 16.0. The Balaban J connectivity index is 1.08. The molecule has 0 saturated carbocycles. The number of para-hydroxylation sites is 1. The molecule has 1 aliphatic rings. The van der Waals surface area contributed by atoms with Gasteiger partial charge in [-0.15, -0.1) is 11.3 Å². The average Bonchev–Trinajstić information content (AvgIpc) is 3.84. The van der Waals surface area contributed by atoms with Gasteiger partial charge in [0.2, 0.25) is 0 Å². The van der Waals surface area contributed by atoms with Crippen LogP contribution in [0.4, 0.5) is 0 Å². The van der Waals surface area contributed by atoms with E-state index in [1.54, 1.807) is 0 Å². The molecule has 0 amide bonds. The molecule has 0 aliphatic carbocycles. The van der Waals surface area contributed by atoms with Gasteiger partial charge >= 0.3 is 0 Å². The van der Waals surface area contributed by atoms with E-state index in [0.717, 1.165) is 39.4 Å². The van der Waals surface area contributed by atoms with Gasteiger partial charge in [-0.1, -0.05) is 164 Å². The third-order valence-electron chi connectivity index (χ3n) is 11.6. The lowest BCUT2D eigenvalue weighted by atomic mass is 9.95. The molecule has 4 nitrogen and oxygen atoms in total. The molecule has 0 bridgehead atoms. The molecule has 0 fully saturated rings. The van der Waals surface area contributed by atoms with Crippen LogP contribution < -0.4 is 5.32 Å². The van der Waals surface area contributed by atoms with Crippen LogP contribution in [0.1, 0.15) is 22.9 Å². The fourth-order valence-corrected chi connectivity index (χ4v) is 10.2. The topological polar surface area (TPSA) is 41.7 Å². The van der Waals surface area contributed by atoms with E-state index in [4.69, 9.17) is 9.98 Å². The van der Waals surface area contributed by atoms with Crippen LogP contribution in [-0.2, 0) is 0 Å². The standard InChI is InChI=1S/C53H34N4S/c1-4-16-33(17-5-1)43-31-46-49(39-24-12-10-22-37(39)43)41-26-14-15-27-45(41)57(46)36-28-29-42-47(30-36)58-48-32-44(38-23-11-13-25-40(38)50(42)48)53-55-51(34-18-6-2-7-19-34)54-52(56-53)35-20-8-3-9-21-35/h1-32,51H,(H,54,55,56). The van der Waals surface area contributed by atoms with E-state index in [0.29, 0.717) is 0 Å². The molecule has 11 aromatic rings. The first-order chi connectivity index (χ1) is 28.8. The van der Waals surface area contributed by atoms with Crippen LogP contribution in [-0.4, -0.2) is 16.2 Å². The van der Waals surface area contributed by atoms with E-state index in [2.05, 4.69) is 192 Å². The summed E-state index contributed by atoms with van der Waals surface area (Å²) in [6, 6.07) is 69.7. The molecule has 0 spiro atoms. The lowest BCUT2D eigenvalue weighted by Crippen LogP contribution is -2.33. The summed E-state index contributed by atoms with van der Waals surface area (Å²) in [5.74, 6) is 1.55.